The van der Waals surface area contributed by atoms with Crippen LogP contribution >= 0.6 is 11.8 Å². The predicted molar refractivity (Wildman–Crippen MR) is 48.2 cm³/mol. The van der Waals surface area contributed by atoms with Crippen molar-refractivity contribution in [2.45, 2.75) is 13.8 Å². The standard InChI is InChI=1S/C8H17NS/c1-6(2)8(3-9)7-4-10-5-7/h6-8H,3-5,9H2,1-2H3. The van der Waals surface area contributed by atoms with Gasteiger partial charge in [0.15, 0.2) is 0 Å². The normalized spacial score (nSPS) is 22.8. The monoisotopic (exact) mass is 159 g/mol. The summed E-state index contributed by atoms with van der Waals surface area (Å²) in [5, 5.41) is 0. The van der Waals surface area contributed by atoms with E-state index < -0.39 is 0 Å². The van der Waals surface area contributed by atoms with E-state index in [0.717, 1.165) is 24.3 Å². The first-order chi connectivity index (χ1) is 4.75. The molecule has 0 amide bonds. The fraction of sp³-hybridized carbons (Fsp3) is 1.00. The smallest absolute Gasteiger partial charge is 0.00279 e. The van der Waals surface area contributed by atoms with E-state index in [2.05, 4.69) is 25.6 Å². The summed E-state index contributed by atoms with van der Waals surface area (Å²) in [6.45, 7) is 5.43. The number of nitrogens with two attached hydrogens (primary N) is 1. The molecule has 1 heterocycles. The highest BCUT2D eigenvalue weighted by atomic mass is 32.2. The average Bonchev–Trinajstić information content (AvgIpc) is 1.76. The van der Waals surface area contributed by atoms with Gasteiger partial charge in [-0.15, -0.1) is 0 Å². The van der Waals surface area contributed by atoms with E-state index in [1.165, 1.54) is 11.5 Å². The van der Waals surface area contributed by atoms with Crippen molar-refractivity contribution in [3.63, 3.8) is 0 Å². The molecule has 10 heavy (non-hydrogen) atoms. The molecule has 0 saturated carbocycles. The Morgan fingerprint density at radius 3 is 2.20 bits per heavy atom. The Labute approximate surface area is 67.8 Å². The van der Waals surface area contributed by atoms with E-state index in [0.29, 0.717) is 0 Å². The van der Waals surface area contributed by atoms with Gasteiger partial charge >= 0.3 is 0 Å². The molecular weight excluding hydrogens is 142 g/mol. The molecule has 0 radical (unpaired) electrons. The average molecular weight is 159 g/mol. The summed E-state index contributed by atoms with van der Waals surface area (Å²) in [5.41, 5.74) is 5.67. The first-order valence-electron chi connectivity index (χ1n) is 4.03. The third-order valence-electron chi connectivity index (χ3n) is 2.40. The lowest BCUT2D eigenvalue weighted by Crippen LogP contribution is -2.35. The summed E-state index contributed by atoms with van der Waals surface area (Å²) < 4.78 is 0. The van der Waals surface area contributed by atoms with Crippen LogP contribution in [0.15, 0.2) is 0 Å². The van der Waals surface area contributed by atoms with Gasteiger partial charge in [0.25, 0.3) is 0 Å². The third kappa shape index (κ3) is 1.67. The van der Waals surface area contributed by atoms with Gasteiger partial charge in [0.05, 0.1) is 0 Å². The van der Waals surface area contributed by atoms with Gasteiger partial charge in [-0.1, -0.05) is 13.8 Å². The van der Waals surface area contributed by atoms with Crippen LogP contribution in [0, 0.1) is 17.8 Å². The Morgan fingerprint density at radius 2 is 2.10 bits per heavy atom. The molecule has 0 aromatic rings. The van der Waals surface area contributed by atoms with Gasteiger partial charge in [-0.3, -0.25) is 0 Å². The summed E-state index contributed by atoms with van der Waals surface area (Å²) in [6.07, 6.45) is 0. The molecule has 0 bridgehead atoms. The Kier molecular flexibility index (Phi) is 3.05. The van der Waals surface area contributed by atoms with Crippen molar-refractivity contribution >= 4 is 11.8 Å². The van der Waals surface area contributed by atoms with Gasteiger partial charge in [0.2, 0.25) is 0 Å². The van der Waals surface area contributed by atoms with E-state index in [1.807, 2.05) is 0 Å². The highest BCUT2D eigenvalue weighted by Crippen LogP contribution is 2.34. The van der Waals surface area contributed by atoms with Crippen molar-refractivity contribution in [1.82, 2.24) is 0 Å². The molecule has 0 aliphatic carbocycles. The van der Waals surface area contributed by atoms with Crippen molar-refractivity contribution in [3.8, 4) is 0 Å². The van der Waals surface area contributed by atoms with Crippen LogP contribution in [-0.4, -0.2) is 18.1 Å². The van der Waals surface area contributed by atoms with Gasteiger partial charge < -0.3 is 5.73 Å². The van der Waals surface area contributed by atoms with Crippen LogP contribution in [0.1, 0.15) is 13.8 Å². The van der Waals surface area contributed by atoms with E-state index in [1.54, 1.807) is 0 Å². The molecule has 1 fully saturated rings. The Balaban J connectivity index is 2.31. The maximum Gasteiger partial charge on any atom is -0.00279 e. The molecule has 60 valence electrons. The number of rotatable bonds is 3. The summed E-state index contributed by atoms with van der Waals surface area (Å²) in [7, 11) is 0. The van der Waals surface area contributed by atoms with E-state index in [9.17, 15) is 0 Å². The largest absolute Gasteiger partial charge is 0.330 e. The molecule has 0 aromatic heterocycles. The van der Waals surface area contributed by atoms with Gasteiger partial charge in [-0.25, -0.2) is 0 Å². The lowest BCUT2D eigenvalue weighted by Gasteiger charge is -2.34. The molecule has 1 aliphatic rings. The van der Waals surface area contributed by atoms with E-state index >= 15 is 0 Å². The molecule has 0 aromatic carbocycles. The second-order valence-corrected chi connectivity index (χ2v) is 4.52. The molecule has 1 unspecified atom stereocenters. The topological polar surface area (TPSA) is 26.0 Å². The lowest BCUT2D eigenvalue weighted by molar-refractivity contribution is 0.295. The van der Waals surface area contributed by atoms with Crippen molar-refractivity contribution in [2.75, 3.05) is 18.1 Å². The molecule has 0 spiro atoms. The minimum atomic E-state index is 0.774. The van der Waals surface area contributed by atoms with Crippen LogP contribution < -0.4 is 5.73 Å². The fourth-order valence-corrected chi connectivity index (χ4v) is 2.51. The zero-order chi connectivity index (χ0) is 7.56. The van der Waals surface area contributed by atoms with Crippen molar-refractivity contribution in [2.24, 2.45) is 23.5 Å². The van der Waals surface area contributed by atoms with Crippen molar-refractivity contribution in [3.05, 3.63) is 0 Å². The minimum absolute atomic E-state index is 0.774. The third-order valence-corrected chi connectivity index (χ3v) is 3.73. The van der Waals surface area contributed by atoms with Gasteiger partial charge in [0.1, 0.15) is 0 Å². The maximum absolute atomic E-state index is 5.67. The lowest BCUT2D eigenvalue weighted by atomic mass is 9.85. The SMILES string of the molecule is CC(C)C(CN)C1CSC1. The molecule has 1 nitrogen and oxygen atoms in total. The molecule has 2 N–H and O–H groups in total. The van der Waals surface area contributed by atoms with Gasteiger partial charge in [0, 0.05) is 0 Å². The van der Waals surface area contributed by atoms with Gasteiger partial charge in [-0.05, 0) is 35.8 Å². The first-order valence-corrected chi connectivity index (χ1v) is 5.19. The van der Waals surface area contributed by atoms with Crippen LogP contribution in [0.2, 0.25) is 0 Å². The molecule has 1 saturated heterocycles. The van der Waals surface area contributed by atoms with Crippen LogP contribution in [-0.2, 0) is 0 Å². The van der Waals surface area contributed by atoms with Crippen LogP contribution in [0.25, 0.3) is 0 Å². The number of thioether (sulfide) groups is 1. The molecule has 1 atom stereocenters. The molecule has 2 heteroatoms. The second-order valence-electron chi connectivity index (χ2n) is 3.44. The Bertz CT molecular complexity index is 99.4. The fourth-order valence-electron chi connectivity index (χ4n) is 1.51. The molecular formula is C8H17NS. The summed E-state index contributed by atoms with van der Waals surface area (Å²) in [6, 6.07) is 0. The van der Waals surface area contributed by atoms with Crippen LogP contribution in [0.3, 0.4) is 0 Å². The number of hydrogen-bond acceptors (Lipinski definition) is 2. The van der Waals surface area contributed by atoms with Crippen molar-refractivity contribution in [1.29, 1.82) is 0 Å². The van der Waals surface area contributed by atoms with E-state index in [-0.39, 0.29) is 0 Å². The first kappa shape index (κ1) is 8.41. The highest BCUT2D eigenvalue weighted by Gasteiger charge is 2.28. The zero-order valence-electron chi connectivity index (χ0n) is 6.84. The molecule has 1 aliphatic heterocycles. The molecule has 1 rings (SSSR count). The quantitative estimate of drug-likeness (QED) is 0.676. The second kappa shape index (κ2) is 3.63. The maximum atomic E-state index is 5.67. The Morgan fingerprint density at radius 1 is 1.50 bits per heavy atom. The van der Waals surface area contributed by atoms with Crippen molar-refractivity contribution < 1.29 is 0 Å². The summed E-state index contributed by atoms with van der Waals surface area (Å²) in [5.74, 6) is 5.17. The van der Waals surface area contributed by atoms with Crippen LogP contribution in [0.5, 0.6) is 0 Å². The predicted octanol–water partition coefficient (Wildman–Crippen LogP) is 1.58. The Hall–Kier alpha value is 0.310. The van der Waals surface area contributed by atoms with Gasteiger partial charge in [-0.2, -0.15) is 11.8 Å². The zero-order valence-corrected chi connectivity index (χ0v) is 7.66. The summed E-state index contributed by atoms with van der Waals surface area (Å²) >= 11 is 2.05. The van der Waals surface area contributed by atoms with E-state index in [4.69, 9.17) is 5.73 Å². The summed E-state index contributed by atoms with van der Waals surface area (Å²) in [4.78, 5) is 0. The minimum Gasteiger partial charge on any atom is -0.330 e. The number of hydrogen-bond donors (Lipinski definition) is 1. The highest BCUT2D eigenvalue weighted by molar-refractivity contribution is 8.00. The van der Waals surface area contributed by atoms with Crippen LogP contribution in [0.4, 0.5) is 0 Å².